The van der Waals surface area contributed by atoms with Crippen LogP contribution in [0.3, 0.4) is 0 Å². The Morgan fingerprint density at radius 3 is 2.53 bits per heavy atom. The maximum atomic E-state index is 9.29. The minimum absolute atomic E-state index is 0.257. The van der Waals surface area contributed by atoms with E-state index in [4.69, 9.17) is 0 Å². The average molecular weight is 218 g/mol. The van der Waals surface area contributed by atoms with Gasteiger partial charge in [0.15, 0.2) is 0 Å². The van der Waals surface area contributed by atoms with Crippen LogP contribution in [0.15, 0.2) is 42.5 Å². The summed E-state index contributed by atoms with van der Waals surface area (Å²) in [5, 5.41) is 9.29. The van der Waals surface area contributed by atoms with Gasteiger partial charge in [-0.2, -0.15) is 0 Å². The highest BCUT2D eigenvalue weighted by Crippen LogP contribution is 2.28. The predicted octanol–water partition coefficient (Wildman–Crippen LogP) is 3.34. The smallest absolute Gasteiger partial charge is 0.0560 e. The van der Waals surface area contributed by atoms with Crippen LogP contribution in [0.1, 0.15) is 11.8 Å². The lowest BCUT2D eigenvalue weighted by atomic mass is 10.2. The van der Waals surface area contributed by atoms with E-state index in [1.807, 2.05) is 25.1 Å². The monoisotopic (exact) mass is 218 g/mol. The van der Waals surface area contributed by atoms with Gasteiger partial charge in [-0.05, 0) is 24.6 Å². The first-order valence-corrected chi connectivity index (χ1v) is 5.89. The number of hydrogen-bond donors (Lipinski definition) is 1. The fourth-order valence-corrected chi connectivity index (χ4v) is 2.67. The van der Waals surface area contributed by atoms with Gasteiger partial charge in [0.25, 0.3) is 0 Å². The van der Waals surface area contributed by atoms with Gasteiger partial charge in [-0.15, -0.1) is 11.3 Å². The van der Waals surface area contributed by atoms with Gasteiger partial charge < -0.3 is 5.11 Å². The molecular weight excluding hydrogens is 204 g/mol. The zero-order valence-corrected chi connectivity index (χ0v) is 9.50. The van der Waals surface area contributed by atoms with Crippen LogP contribution in [0, 0.1) is 0 Å². The highest BCUT2D eigenvalue weighted by molar-refractivity contribution is 7.15. The van der Waals surface area contributed by atoms with Crippen molar-refractivity contribution in [3.8, 4) is 10.4 Å². The van der Waals surface area contributed by atoms with Crippen molar-refractivity contribution in [2.75, 3.05) is 0 Å². The molecule has 0 aliphatic heterocycles. The standard InChI is InChI=1S/C13H14OS/c1-10(14)9-12-7-8-13(15-12)11-5-3-2-4-6-11/h2-8,10,14H,9H2,1H3. The first kappa shape index (κ1) is 10.4. The minimum atomic E-state index is -0.257. The van der Waals surface area contributed by atoms with Crippen molar-refractivity contribution in [2.45, 2.75) is 19.4 Å². The van der Waals surface area contributed by atoms with Crippen LogP contribution >= 0.6 is 11.3 Å². The van der Waals surface area contributed by atoms with Crippen molar-refractivity contribution in [1.29, 1.82) is 0 Å². The molecule has 1 nitrogen and oxygen atoms in total. The zero-order valence-electron chi connectivity index (χ0n) is 8.68. The average Bonchev–Trinajstić information content (AvgIpc) is 2.67. The quantitative estimate of drug-likeness (QED) is 0.837. The molecule has 0 amide bonds. The Kier molecular flexibility index (Phi) is 3.19. The molecule has 0 radical (unpaired) electrons. The summed E-state index contributed by atoms with van der Waals surface area (Å²) < 4.78 is 0. The summed E-state index contributed by atoms with van der Waals surface area (Å²) in [5.74, 6) is 0. The molecule has 15 heavy (non-hydrogen) atoms. The van der Waals surface area contributed by atoms with Gasteiger partial charge in [0.2, 0.25) is 0 Å². The fraction of sp³-hybridized carbons (Fsp3) is 0.231. The van der Waals surface area contributed by atoms with Crippen LogP contribution in [-0.2, 0) is 6.42 Å². The predicted molar refractivity (Wildman–Crippen MR) is 65.1 cm³/mol. The SMILES string of the molecule is CC(O)Cc1ccc(-c2ccccc2)s1. The number of aliphatic hydroxyl groups excluding tert-OH is 1. The minimum Gasteiger partial charge on any atom is -0.393 e. The molecule has 1 atom stereocenters. The third-order valence-corrected chi connectivity index (χ3v) is 3.37. The third kappa shape index (κ3) is 2.67. The molecule has 2 rings (SSSR count). The van der Waals surface area contributed by atoms with E-state index in [2.05, 4.69) is 24.3 Å². The number of aliphatic hydroxyl groups is 1. The van der Waals surface area contributed by atoms with Crippen molar-refractivity contribution >= 4 is 11.3 Å². The Morgan fingerprint density at radius 2 is 1.87 bits per heavy atom. The molecule has 0 spiro atoms. The van der Waals surface area contributed by atoms with E-state index in [0.29, 0.717) is 0 Å². The molecule has 1 unspecified atom stereocenters. The molecule has 1 heterocycles. The molecule has 1 aromatic heterocycles. The summed E-state index contributed by atoms with van der Waals surface area (Å²) >= 11 is 1.75. The molecule has 2 aromatic rings. The molecular formula is C13H14OS. The van der Waals surface area contributed by atoms with Crippen LogP contribution in [0.2, 0.25) is 0 Å². The van der Waals surface area contributed by atoms with Crippen molar-refractivity contribution in [3.05, 3.63) is 47.3 Å². The van der Waals surface area contributed by atoms with Gasteiger partial charge in [0.05, 0.1) is 6.10 Å². The van der Waals surface area contributed by atoms with Crippen molar-refractivity contribution < 1.29 is 5.11 Å². The van der Waals surface area contributed by atoms with Gasteiger partial charge in [-0.25, -0.2) is 0 Å². The molecule has 0 bridgehead atoms. The van der Waals surface area contributed by atoms with E-state index < -0.39 is 0 Å². The van der Waals surface area contributed by atoms with E-state index in [1.165, 1.54) is 15.3 Å². The van der Waals surface area contributed by atoms with Crippen LogP contribution in [0.25, 0.3) is 10.4 Å². The Bertz CT molecular complexity index is 417. The van der Waals surface area contributed by atoms with Crippen LogP contribution < -0.4 is 0 Å². The second kappa shape index (κ2) is 4.60. The molecule has 1 N–H and O–H groups in total. The first-order valence-electron chi connectivity index (χ1n) is 5.08. The number of thiophene rings is 1. The molecule has 2 heteroatoms. The normalized spacial score (nSPS) is 12.7. The summed E-state index contributed by atoms with van der Waals surface area (Å²) in [4.78, 5) is 2.51. The van der Waals surface area contributed by atoms with Crippen LogP contribution in [0.5, 0.6) is 0 Å². The molecule has 1 aromatic carbocycles. The van der Waals surface area contributed by atoms with E-state index >= 15 is 0 Å². The highest BCUT2D eigenvalue weighted by Gasteiger charge is 2.04. The van der Waals surface area contributed by atoms with E-state index in [0.717, 1.165) is 6.42 Å². The highest BCUT2D eigenvalue weighted by atomic mass is 32.1. The first-order chi connectivity index (χ1) is 7.25. The lowest BCUT2D eigenvalue weighted by Gasteiger charge is -1.99. The second-order valence-electron chi connectivity index (χ2n) is 3.69. The largest absolute Gasteiger partial charge is 0.393 e. The van der Waals surface area contributed by atoms with Crippen molar-refractivity contribution in [2.24, 2.45) is 0 Å². The topological polar surface area (TPSA) is 20.2 Å². The Morgan fingerprint density at radius 1 is 1.13 bits per heavy atom. The molecule has 0 saturated heterocycles. The fourth-order valence-electron chi connectivity index (χ4n) is 1.54. The Balaban J connectivity index is 2.21. The zero-order chi connectivity index (χ0) is 10.7. The molecule has 0 aliphatic carbocycles. The molecule has 78 valence electrons. The van der Waals surface area contributed by atoms with Gasteiger partial charge in [0.1, 0.15) is 0 Å². The lowest BCUT2D eigenvalue weighted by molar-refractivity contribution is 0.196. The Labute approximate surface area is 94.0 Å². The summed E-state index contributed by atoms with van der Waals surface area (Å²) in [6.45, 7) is 1.82. The van der Waals surface area contributed by atoms with E-state index in [-0.39, 0.29) is 6.10 Å². The summed E-state index contributed by atoms with van der Waals surface area (Å²) in [7, 11) is 0. The lowest BCUT2D eigenvalue weighted by Crippen LogP contribution is -2.01. The Hall–Kier alpha value is -1.12. The number of rotatable bonds is 3. The maximum absolute atomic E-state index is 9.29. The van der Waals surface area contributed by atoms with E-state index in [9.17, 15) is 5.11 Å². The van der Waals surface area contributed by atoms with Gasteiger partial charge in [-0.3, -0.25) is 0 Å². The second-order valence-corrected chi connectivity index (χ2v) is 4.85. The molecule has 0 aliphatic rings. The third-order valence-electron chi connectivity index (χ3n) is 2.22. The number of benzene rings is 1. The summed E-state index contributed by atoms with van der Waals surface area (Å²) in [6, 6.07) is 14.5. The van der Waals surface area contributed by atoms with E-state index in [1.54, 1.807) is 11.3 Å². The van der Waals surface area contributed by atoms with Crippen molar-refractivity contribution in [3.63, 3.8) is 0 Å². The molecule has 0 fully saturated rings. The van der Waals surface area contributed by atoms with Gasteiger partial charge in [-0.1, -0.05) is 30.3 Å². The summed E-state index contributed by atoms with van der Waals surface area (Å²) in [5.41, 5.74) is 1.25. The molecule has 0 saturated carbocycles. The van der Waals surface area contributed by atoms with Crippen LogP contribution in [0.4, 0.5) is 0 Å². The summed E-state index contributed by atoms with van der Waals surface area (Å²) in [6.07, 6.45) is 0.490. The van der Waals surface area contributed by atoms with Gasteiger partial charge in [0, 0.05) is 16.2 Å². The number of hydrogen-bond acceptors (Lipinski definition) is 2. The van der Waals surface area contributed by atoms with Crippen LogP contribution in [-0.4, -0.2) is 11.2 Å². The van der Waals surface area contributed by atoms with Gasteiger partial charge >= 0.3 is 0 Å². The maximum Gasteiger partial charge on any atom is 0.0560 e. The van der Waals surface area contributed by atoms with Crippen molar-refractivity contribution in [1.82, 2.24) is 0 Å².